The van der Waals surface area contributed by atoms with Crippen LogP contribution in [0.25, 0.3) is 0 Å². The monoisotopic (exact) mass is 292 g/mol. The number of halogens is 1. The minimum absolute atomic E-state index is 0.285. The Kier molecular flexibility index (Phi) is 4.70. The molecule has 1 aromatic heterocycles. The molecule has 9 heteroatoms. The van der Waals surface area contributed by atoms with Crippen molar-refractivity contribution in [3.05, 3.63) is 5.01 Å². The smallest absolute Gasteiger partial charge is 0.323 e. The van der Waals surface area contributed by atoms with Crippen molar-refractivity contribution in [3.63, 3.8) is 0 Å². The van der Waals surface area contributed by atoms with E-state index in [0.717, 1.165) is 0 Å². The quantitative estimate of drug-likeness (QED) is 0.841. The van der Waals surface area contributed by atoms with Gasteiger partial charge in [-0.3, -0.25) is 5.32 Å². The Labute approximate surface area is 113 Å². The van der Waals surface area contributed by atoms with E-state index in [2.05, 4.69) is 15.5 Å². The molecule has 0 radical (unpaired) electrons. The molecule has 0 aromatic carbocycles. The van der Waals surface area contributed by atoms with Crippen LogP contribution in [0.2, 0.25) is 0 Å². The first kappa shape index (κ1) is 13.5. The molecule has 0 atom stereocenters. The summed E-state index contributed by atoms with van der Waals surface area (Å²) in [6, 6.07) is -0.286. The normalized spacial score (nSPS) is 15.9. The molecule has 0 aliphatic carbocycles. The molecule has 7 nitrogen and oxygen atoms in total. The van der Waals surface area contributed by atoms with Crippen LogP contribution in [0.1, 0.15) is 5.01 Å². The lowest BCUT2D eigenvalue weighted by atomic mass is 10.5. The van der Waals surface area contributed by atoms with Crippen LogP contribution < -0.4 is 5.32 Å². The number of carbonyl (C=O) groups excluding carboxylic acids is 1. The summed E-state index contributed by atoms with van der Waals surface area (Å²) in [4.78, 5) is 13.3. The first-order valence-corrected chi connectivity index (χ1v) is 6.68. The van der Waals surface area contributed by atoms with Crippen LogP contribution in [0.5, 0.6) is 0 Å². The Morgan fingerprint density at radius 2 is 2.28 bits per heavy atom. The molecule has 0 spiro atoms. The maximum absolute atomic E-state index is 11.8. The average Bonchev–Trinajstić information content (AvgIpc) is 3.00. The van der Waals surface area contributed by atoms with Gasteiger partial charge in [0.25, 0.3) is 0 Å². The van der Waals surface area contributed by atoms with E-state index < -0.39 is 0 Å². The lowest BCUT2D eigenvalue weighted by Gasteiger charge is -2.19. The number of amides is 2. The van der Waals surface area contributed by atoms with Gasteiger partial charge >= 0.3 is 6.03 Å². The number of alkyl halides is 1. The third-order valence-corrected chi connectivity index (χ3v) is 3.51. The fraction of sp³-hybridized carbons (Fsp3) is 0.667. The van der Waals surface area contributed by atoms with Crippen molar-refractivity contribution < 1.29 is 14.3 Å². The Balaban J connectivity index is 1.82. The van der Waals surface area contributed by atoms with Crippen molar-refractivity contribution in [3.8, 4) is 0 Å². The molecule has 1 aromatic rings. The zero-order valence-electron chi connectivity index (χ0n) is 9.76. The molecular weight excluding hydrogens is 280 g/mol. The molecule has 18 heavy (non-hydrogen) atoms. The van der Waals surface area contributed by atoms with Crippen molar-refractivity contribution in [2.75, 3.05) is 32.1 Å². The van der Waals surface area contributed by atoms with E-state index in [1.165, 1.54) is 16.2 Å². The highest BCUT2D eigenvalue weighted by Crippen LogP contribution is 2.17. The van der Waals surface area contributed by atoms with Gasteiger partial charge in [-0.15, -0.1) is 21.8 Å². The van der Waals surface area contributed by atoms with E-state index in [0.29, 0.717) is 29.9 Å². The fourth-order valence-corrected chi connectivity index (χ4v) is 2.16. The van der Waals surface area contributed by atoms with Crippen molar-refractivity contribution >= 4 is 34.1 Å². The zero-order chi connectivity index (χ0) is 13.0. The van der Waals surface area contributed by atoms with Gasteiger partial charge in [-0.2, -0.15) is 0 Å². The van der Waals surface area contributed by atoms with Gasteiger partial charge < -0.3 is 14.4 Å². The average molecular weight is 293 g/mol. The van der Waals surface area contributed by atoms with Gasteiger partial charge in [-0.05, 0) is 0 Å². The molecule has 0 saturated carbocycles. The second kappa shape index (κ2) is 6.28. The minimum atomic E-state index is -0.353. The number of likely N-dealkylation sites (N-methyl/N-ethyl adjacent to an activating group) is 1. The standard InChI is InChI=1S/C9H13ClN4O3S/c1-14(5-7-16-2-3-17-7)9(15)11-8-13-12-6(4-10)18-8/h7H,2-5H2,1H3,(H,11,13,15). The summed E-state index contributed by atoms with van der Waals surface area (Å²) in [6.45, 7) is 1.50. The molecule has 2 amide bonds. The number of nitrogens with one attached hydrogen (secondary N) is 1. The van der Waals surface area contributed by atoms with Crippen LogP contribution in [0.15, 0.2) is 0 Å². The molecule has 1 aliphatic rings. The summed E-state index contributed by atoms with van der Waals surface area (Å²) >= 11 is 6.85. The van der Waals surface area contributed by atoms with E-state index in [4.69, 9.17) is 21.1 Å². The van der Waals surface area contributed by atoms with Crippen molar-refractivity contribution in [2.45, 2.75) is 12.2 Å². The van der Waals surface area contributed by atoms with Crippen molar-refractivity contribution in [1.29, 1.82) is 0 Å². The second-order valence-corrected chi connectivity index (χ2v) is 4.95. The number of hydrogen-bond donors (Lipinski definition) is 1. The first-order chi connectivity index (χ1) is 8.69. The van der Waals surface area contributed by atoms with Gasteiger partial charge in [0.05, 0.1) is 25.6 Å². The summed E-state index contributed by atoms with van der Waals surface area (Å²) in [5.74, 6) is 0.285. The van der Waals surface area contributed by atoms with Gasteiger partial charge in [0, 0.05) is 7.05 Å². The summed E-state index contributed by atoms with van der Waals surface area (Å²) < 4.78 is 10.5. The number of nitrogens with zero attached hydrogens (tertiary/aromatic N) is 3. The third kappa shape index (κ3) is 3.52. The van der Waals surface area contributed by atoms with Crippen molar-refractivity contribution in [1.82, 2.24) is 15.1 Å². The predicted molar refractivity (Wildman–Crippen MR) is 66.8 cm³/mol. The maximum Gasteiger partial charge on any atom is 0.323 e. The maximum atomic E-state index is 11.8. The predicted octanol–water partition coefficient (Wildman–Crippen LogP) is 1.11. The number of carbonyl (C=O) groups is 1. The van der Waals surface area contributed by atoms with E-state index in [-0.39, 0.29) is 18.2 Å². The zero-order valence-corrected chi connectivity index (χ0v) is 11.3. The highest BCUT2D eigenvalue weighted by molar-refractivity contribution is 7.15. The molecule has 1 fully saturated rings. The first-order valence-electron chi connectivity index (χ1n) is 5.32. The molecule has 2 heterocycles. The molecule has 1 saturated heterocycles. The van der Waals surface area contributed by atoms with Gasteiger partial charge in [0.15, 0.2) is 6.29 Å². The summed E-state index contributed by atoms with van der Waals surface area (Å²) in [6.07, 6.45) is -0.353. The Morgan fingerprint density at radius 3 is 2.89 bits per heavy atom. The van der Waals surface area contributed by atoms with Crippen LogP contribution in [-0.2, 0) is 15.4 Å². The van der Waals surface area contributed by atoms with E-state index in [1.54, 1.807) is 7.05 Å². The number of anilines is 1. The number of aromatic nitrogens is 2. The highest BCUT2D eigenvalue weighted by atomic mass is 35.5. The van der Waals surface area contributed by atoms with E-state index >= 15 is 0 Å². The molecule has 1 aliphatic heterocycles. The SMILES string of the molecule is CN(CC1OCCO1)C(=O)Nc1nnc(CCl)s1. The lowest BCUT2D eigenvalue weighted by Crippen LogP contribution is -2.37. The van der Waals surface area contributed by atoms with Gasteiger partial charge in [0.1, 0.15) is 5.01 Å². The van der Waals surface area contributed by atoms with Crippen molar-refractivity contribution in [2.24, 2.45) is 0 Å². The van der Waals surface area contributed by atoms with Crippen LogP contribution >= 0.6 is 22.9 Å². The van der Waals surface area contributed by atoms with Crippen LogP contribution in [-0.4, -0.2) is 54.2 Å². The summed E-state index contributed by atoms with van der Waals surface area (Å²) in [5.41, 5.74) is 0. The fourth-order valence-electron chi connectivity index (χ4n) is 1.36. The molecule has 0 unspecified atom stereocenters. The topological polar surface area (TPSA) is 76.6 Å². The Morgan fingerprint density at radius 1 is 1.56 bits per heavy atom. The van der Waals surface area contributed by atoms with E-state index in [1.807, 2.05) is 0 Å². The van der Waals surface area contributed by atoms with E-state index in [9.17, 15) is 4.79 Å². The van der Waals surface area contributed by atoms with Crippen LogP contribution in [0.4, 0.5) is 9.93 Å². The number of rotatable bonds is 4. The highest BCUT2D eigenvalue weighted by Gasteiger charge is 2.21. The minimum Gasteiger partial charge on any atom is -0.348 e. The Bertz CT molecular complexity index is 410. The molecular formula is C9H13ClN4O3S. The number of urea groups is 1. The number of ether oxygens (including phenoxy) is 2. The second-order valence-electron chi connectivity index (χ2n) is 3.62. The third-order valence-electron chi connectivity index (χ3n) is 2.26. The van der Waals surface area contributed by atoms with Gasteiger partial charge in [-0.25, -0.2) is 4.79 Å². The summed E-state index contributed by atoms with van der Waals surface area (Å²) in [7, 11) is 1.66. The molecule has 0 bridgehead atoms. The molecule has 100 valence electrons. The summed E-state index contributed by atoms with van der Waals surface area (Å²) in [5, 5.41) is 11.3. The Hall–Kier alpha value is -0.960. The lowest BCUT2D eigenvalue weighted by molar-refractivity contribution is -0.0518. The van der Waals surface area contributed by atoms with Crippen LogP contribution in [0, 0.1) is 0 Å². The van der Waals surface area contributed by atoms with Crippen LogP contribution in [0.3, 0.4) is 0 Å². The van der Waals surface area contributed by atoms with Gasteiger partial charge in [-0.1, -0.05) is 11.3 Å². The number of hydrogen-bond acceptors (Lipinski definition) is 6. The van der Waals surface area contributed by atoms with Gasteiger partial charge in [0.2, 0.25) is 5.13 Å². The molecule has 2 rings (SSSR count). The molecule has 1 N–H and O–H groups in total. The largest absolute Gasteiger partial charge is 0.348 e.